The Labute approximate surface area is 138 Å². The molecule has 0 saturated heterocycles. The van der Waals surface area contributed by atoms with E-state index in [1.54, 1.807) is 6.26 Å². The van der Waals surface area contributed by atoms with E-state index in [2.05, 4.69) is 15.5 Å². The molecule has 1 aromatic carbocycles. The topological polar surface area (TPSA) is 81.2 Å². The van der Waals surface area contributed by atoms with E-state index in [4.69, 9.17) is 8.83 Å². The summed E-state index contributed by atoms with van der Waals surface area (Å²) >= 11 is 0. The molecule has 2 aromatic heterocycles. The number of hydrogen-bond acceptors (Lipinski definition) is 5. The first-order valence-electron chi connectivity index (χ1n) is 8.00. The highest BCUT2D eigenvalue weighted by atomic mass is 16.4. The number of furan rings is 1. The third kappa shape index (κ3) is 3.08. The Morgan fingerprint density at radius 1 is 1.17 bits per heavy atom. The molecular formula is C18H17N3O3. The summed E-state index contributed by atoms with van der Waals surface area (Å²) in [4.78, 5) is 12.1. The van der Waals surface area contributed by atoms with Gasteiger partial charge in [0.15, 0.2) is 0 Å². The van der Waals surface area contributed by atoms with Crippen LogP contribution < -0.4 is 5.32 Å². The quantitative estimate of drug-likeness (QED) is 0.754. The highest BCUT2D eigenvalue weighted by Crippen LogP contribution is 2.47. The molecule has 0 radical (unpaired) electrons. The maximum atomic E-state index is 12.1. The average molecular weight is 323 g/mol. The van der Waals surface area contributed by atoms with Gasteiger partial charge in [0.2, 0.25) is 17.7 Å². The molecule has 4 rings (SSSR count). The minimum atomic E-state index is 0.0127. The molecule has 122 valence electrons. The van der Waals surface area contributed by atoms with Crippen molar-refractivity contribution < 1.29 is 13.6 Å². The number of amides is 1. The van der Waals surface area contributed by atoms with Crippen LogP contribution in [0.5, 0.6) is 0 Å². The van der Waals surface area contributed by atoms with Crippen LogP contribution in [-0.4, -0.2) is 22.6 Å². The maximum absolute atomic E-state index is 12.1. The van der Waals surface area contributed by atoms with E-state index < -0.39 is 0 Å². The lowest BCUT2D eigenvalue weighted by Gasteiger charge is -2.02. The number of rotatable bonds is 6. The number of nitrogens with one attached hydrogen (secondary N) is 1. The van der Waals surface area contributed by atoms with E-state index in [9.17, 15) is 4.79 Å². The number of aromatic nitrogens is 2. The Morgan fingerprint density at radius 3 is 2.83 bits per heavy atom. The van der Waals surface area contributed by atoms with Crippen molar-refractivity contribution >= 4 is 5.91 Å². The lowest BCUT2D eigenvalue weighted by Crippen LogP contribution is -2.27. The molecule has 2 atom stereocenters. The fraction of sp³-hybridized carbons (Fsp3) is 0.278. The van der Waals surface area contributed by atoms with Gasteiger partial charge in [0.1, 0.15) is 5.76 Å². The number of nitrogens with zero attached hydrogens (tertiary/aromatic N) is 2. The first-order valence-corrected chi connectivity index (χ1v) is 8.00. The van der Waals surface area contributed by atoms with E-state index >= 15 is 0 Å². The summed E-state index contributed by atoms with van der Waals surface area (Å²) in [5.74, 6) is 2.19. The van der Waals surface area contributed by atoms with Crippen LogP contribution >= 0.6 is 0 Å². The summed E-state index contributed by atoms with van der Waals surface area (Å²) in [6.07, 6.45) is 3.00. The standard InChI is InChI=1S/C18H17N3O3/c22-17(14-11-13(14)15-7-4-10-23-15)19-9-8-16-20-21-18(24-16)12-5-2-1-3-6-12/h1-7,10,13-14H,8-9,11H2,(H,19,22)/t13-,14-/m1/s1. The molecule has 0 bridgehead atoms. The molecule has 1 saturated carbocycles. The zero-order valence-corrected chi connectivity index (χ0v) is 13.0. The van der Waals surface area contributed by atoms with Crippen molar-refractivity contribution in [1.82, 2.24) is 15.5 Å². The first-order chi connectivity index (χ1) is 11.8. The van der Waals surface area contributed by atoms with Gasteiger partial charge in [-0.2, -0.15) is 0 Å². The van der Waals surface area contributed by atoms with Crippen LogP contribution in [0, 0.1) is 5.92 Å². The van der Waals surface area contributed by atoms with Gasteiger partial charge >= 0.3 is 0 Å². The van der Waals surface area contributed by atoms with Crippen molar-refractivity contribution in [2.75, 3.05) is 6.54 Å². The maximum Gasteiger partial charge on any atom is 0.247 e. The summed E-state index contributed by atoms with van der Waals surface area (Å²) in [6.45, 7) is 0.483. The molecule has 2 heterocycles. The van der Waals surface area contributed by atoms with Crippen LogP contribution in [0.1, 0.15) is 24.0 Å². The summed E-state index contributed by atoms with van der Waals surface area (Å²) < 4.78 is 11.0. The minimum absolute atomic E-state index is 0.0127. The SMILES string of the molecule is O=C(NCCc1nnc(-c2ccccc2)o1)[C@@H]1C[C@H]1c1ccco1. The molecule has 6 nitrogen and oxygen atoms in total. The molecule has 1 amide bonds. The average Bonchev–Trinajstić information content (AvgIpc) is 3.01. The molecule has 0 spiro atoms. The van der Waals surface area contributed by atoms with E-state index in [-0.39, 0.29) is 17.7 Å². The van der Waals surface area contributed by atoms with Crippen LogP contribution in [0.25, 0.3) is 11.5 Å². The molecule has 1 aliphatic carbocycles. The third-order valence-electron chi connectivity index (χ3n) is 4.16. The Kier molecular flexibility index (Phi) is 3.86. The largest absolute Gasteiger partial charge is 0.469 e. The highest BCUT2D eigenvalue weighted by molar-refractivity contribution is 5.82. The predicted molar refractivity (Wildman–Crippen MR) is 86.0 cm³/mol. The van der Waals surface area contributed by atoms with E-state index in [1.165, 1.54) is 0 Å². The van der Waals surface area contributed by atoms with Gasteiger partial charge in [-0.05, 0) is 30.7 Å². The molecular weight excluding hydrogens is 306 g/mol. The predicted octanol–water partition coefficient (Wildman–Crippen LogP) is 2.79. The molecule has 1 aliphatic rings. The van der Waals surface area contributed by atoms with Crippen LogP contribution in [0.4, 0.5) is 0 Å². The smallest absolute Gasteiger partial charge is 0.247 e. The third-order valence-corrected chi connectivity index (χ3v) is 4.16. The Bertz CT molecular complexity index is 811. The summed E-state index contributed by atoms with van der Waals surface area (Å²) in [5.41, 5.74) is 0.888. The molecule has 0 unspecified atom stereocenters. The van der Waals surface area contributed by atoms with Crippen molar-refractivity contribution in [3.8, 4) is 11.5 Å². The second kappa shape index (κ2) is 6.31. The van der Waals surface area contributed by atoms with Crippen molar-refractivity contribution in [2.24, 2.45) is 5.92 Å². The lowest BCUT2D eigenvalue weighted by molar-refractivity contribution is -0.122. The first kappa shape index (κ1) is 14.7. The number of carbonyl (C=O) groups excluding carboxylic acids is 1. The zero-order valence-electron chi connectivity index (χ0n) is 13.0. The molecule has 24 heavy (non-hydrogen) atoms. The number of benzene rings is 1. The Balaban J connectivity index is 1.26. The number of hydrogen-bond donors (Lipinski definition) is 1. The van der Waals surface area contributed by atoms with Crippen molar-refractivity contribution in [2.45, 2.75) is 18.8 Å². The van der Waals surface area contributed by atoms with Gasteiger partial charge < -0.3 is 14.2 Å². The molecule has 1 fully saturated rings. The van der Waals surface area contributed by atoms with Gasteiger partial charge in [0, 0.05) is 30.4 Å². The van der Waals surface area contributed by atoms with Gasteiger partial charge in [0.05, 0.1) is 6.26 Å². The van der Waals surface area contributed by atoms with Gasteiger partial charge in [-0.15, -0.1) is 10.2 Å². The van der Waals surface area contributed by atoms with Crippen LogP contribution in [0.3, 0.4) is 0 Å². The van der Waals surface area contributed by atoms with E-state index in [0.717, 1.165) is 17.7 Å². The van der Waals surface area contributed by atoms with Gasteiger partial charge in [-0.25, -0.2) is 0 Å². The number of carbonyl (C=O) groups is 1. The van der Waals surface area contributed by atoms with E-state index in [1.807, 2.05) is 42.5 Å². The van der Waals surface area contributed by atoms with Crippen LogP contribution in [0.2, 0.25) is 0 Å². The summed E-state index contributed by atoms with van der Waals surface area (Å²) in [5, 5.41) is 11.0. The second-order valence-corrected chi connectivity index (χ2v) is 5.87. The molecule has 6 heteroatoms. The second-order valence-electron chi connectivity index (χ2n) is 5.87. The molecule has 1 N–H and O–H groups in total. The van der Waals surface area contributed by atoms with Crippen LogP contribution in [0.15, 0.2) is 57.6 Å². The minimum Gasteiger partial charge on any atom is -0.469 e. The lowest BCUT2D eigenvalue weighted by atomic mass is 10.2. The summed E-state index contributed by atoms with van der Waals surface area (Å²) in [7, 11) is 0. The fourth-order valence-corrected chi connectivity index (χ4v) is 2.78. The van der Waals surface area contributed by atoms with Crippen LogP contribution in [-0.2, 0) is 11.2 Å². The van der Waals surface area contributed by atoms with Gasteiger partial charge in [-0.1, -0.05) is 18.2 Å². The van der Waals surface area contributed by atoms with Crippen molar-refractivity contribution in [3.63, 3.8) is 0 Å². The Hall–Kier alpha value is -2.89. The van der Waals surface area contributed by atoms with Gasteiger partial charge in [-0.3, -0.25) is 4.79 Å². The fourth-order valence-electron chi connectivity index (χ4n) is 2.78. The van der Waals surface area contributed by atoms with Crippen molar-refractivity contribution in [1.29, 1.82) is 0 Å². The van der Waals surface area contributed by atoms with Crippen molar-refractivity contribution in [3.05, 3.63) is 60.4 Å². The normalized spacial score (nSPS) is 19.2. The zero-order chi connectivity index (χ0) is 16.4. The summed E-state index contributed by atoms with van der Waals surface area (Å²) in [6, 6.07) is 13.4. The molecule has 3 aromatic rings. The highest BCUT2D eigenvalue weighted by Gasteiger charge is 2.45. The van der Waals surface area contributed by atoms with E-state index in [0.29, 0.717) is 24.7 Å². The molecule has 0 aliphatic heterocycles. The monoisotopic (exact) mass is 323 g/mol. The van der Waals surface area contributed by atoms with Gasteiger partial charge in [0.25, 0.3) is 0 Å². The Morgan fingerprint density at radius 2 is 2.04 bits per heavy atom.